The summed E-state index contributed by atoms with van der Waals surface area (Å²) in [6.07, 6.45) is 1.95. The molecule has 0 fully saturated rings. The number of ether oxygens (including phenoxy) is 3. The van der Waals surface area contributed by atoms with Crippen LogP contribution < -0.4 is 14.8 Å². The molecule has 1 unspecified atom stereocenters. The van der Waals surface area contributed by atoms with Crippen LogP contribution in [0.15, 0.2) is 18.2 Å². The Bertz CT molecular complexity index is 432. The zero-order valence-corrected chi connectivity index (χ0v) is 14.2. The number of hydrogen-bond acceptors (Lipinski definition) is 4. The van der Waals surface area contributed by atoms with Crippen LogP contribution in [-0.4, -0.2) is 33.5 Å². The molecule has 1 aromatic rings. The molecule has 0 bridgehead atoms. The highest BCUT2D eigenvalue weighted by Crippen LogP contribution is 2.33. The molecular formula is C17H29NO3. The van der Waals surface area contributed by atoms with E-state index in [0.717, 1.165) is 36.4 Å². The van der Waals surface area contributed by atoms with Crippen molar-refractivity contribution in [1.29, 1.82) is 0 Å². The Kier molecular flexibility index (Phi) is 6.99. The first kappa shape index (κ1) is 17.8. The zero-order valence-electron chi connectivity index (χ0n) is 14.2. The molecule has 0 radical (unpaired) electrons. The third-order valence-electron chi connectivity index (χ3n) is 3.85. The van der Waals surface area contributed by atoms with E-state index in [4.69, 9.17) is 14.2 Å². The van der Waals surface area contributed by atoms with E-state index in [1.54, 1.807) is 21.3 Å². The maximum absolute atomic E-state index is 5.52. The van der Waals surface area contributed by atoms with Crippen LogP contribution in [0.5, 0.6) is 11.5 Å². The fourth-order valence-corrected chi connectivity index (χ4v) is 2.31. The molecule has 0 saturated carbocycles. The van der Waals surface area contributed by atoms with Crippen molar-refractivity contribution in [3.05, 3.63) is 23.8 Å². The van der Waals surface area contributed by atoms with Crippen LogP contribution >= 0.6 is 0 Å². The maximum atomic E-state index is 5.52. The van der Waals surface area contributed by atoms with Gasteiger partial charge in [0, 0.05) is 24.8 Å². The van der Waals surface area contributed by atoms with E-state index in [-0.39, 0.29) is 11.6 Å². The van der Waals surface area contributed by atoms with Crippen molar-refractivity contribution in [3.8, 4) is 11.5 Å². The van der Waals surface area contributed by atoms with E-state index < -0.39 is 0 Å². The molecule has 0 aliphatic heterocycles. The van der Waals surface area contributed by atoms with Gasteiger partial charge < -0.3 is 19.5 Å². The molecule has 0 heterocycles. The first-order chi connectivity index (χ1) is 9.97. The molecule has 0 aliphatic rings. The summed E-state index contributed by atoms with van der Waals surface area (Å²) in [5, 5.41) is 3.53. The van der Waals surface area contributed by atoms with Crippen LogP contribution in [0.3, 0.4) is 0 Å². The lowest BCUT2D eigenvalue weighted by atomic mass is 9.94. The van der Waals surface area contributed by atoms with Gasteiger partial charge in [0.25, 0.3) is 0 Å². The van der Waals surface area contributed by atoms with Gasteiger partial charge in [0.1, 0.15) is 11.5 Å². The van der Waals surface area contributed by atoms with E-state index in [1.165, 1.54) is 0 Å². The predicted molar refractivity (Wildman–Crippen MR) is 86.3 cm³/mol. The van der Waals surface area contributed by atoms with Gasteiger partial charge in [0.15, 0.2) is 0 Å². The van der Waals surface area contributed by atoms with Gasteiger partial charge in [-0.1, -0.05) is 13.0 Å². The van der Waals surface area contributed by atoms with Gasteiger partial charge >= 0.3 is 0 Å². The molecule has 21 heavy (non-hydrogen) atoms. The van der Waals surface area contributed by atoms with Crippen LogP contribution in [0, 0.1) is 0 Å². The molecule has 0 saturated heterocycles. The topological polar surface area (TPSA) is 39.7 Å². The summed E-state index contributed by atoms with van der Waals surface area (Å²) in [5.41, 5.74) is 1.04. The summed E-state index contributed by atoms with van der Waals surface area (Å²) in [5.74, 6) is 1.67. The highest BCUT2D eigenvalue weighted by atomic mass is 16.5. The second kappa shape index (κ2) is 8.25. The lowest BCUT2D eigenvalue weighted by molar-refractivity contribution is 0.0116. The number of benzene rings is 1. The second-order valence-electron chi connectivity index (χ2n) is 5.72. The summed E-state index contributed by atoms with van der Waals surface area (Å²) in [6, 6.07) is 6.22. The summed E-state index contributed by atoms with van der Waals surface area (Å²) in [6.45, 7) is 7.25. The molecule has 1 atom stereocenters. The van der Waals surface area contributed by atoms with Crippen molar-refractivity contribution in [3.63, 3.8) is 0 Å². The van der Waals surface area contributed by atoms with E-state index in [1.807, 2.05) is 12.1 Å². The third kappa shape index (κ3) is 5.21. The Labute approximate surface area is 128 Å². The van der Waals surface area contributed by atoms with Crippen LogP contribution in [0.25, 0.3) is 0 Å². The minimum absolute atomic E-state index is 0.118. The van der Waals surface area contributed by atoms with E-state index in [9.17, 15) is 0 Å². The fraction of sp³-hybridized carbons (Fsp3) is 0.647. The maximum Gasteiger partial charge on any atom is 0.127 e. The Morgan fingerprint density at radius 3 is 2.38 bits per heavy atom. The molecule has 0 aromatic heterocycles. The number of methoxy groups -OCH3 is 3. The Morgan fingerprint density at radius 1 is 1.14 bits per heavy atom. The van der Waals surface area contributed by atoms with Crippen LogP contribution in [0.1, 0.15) is 45.2 Å². The summed E-state index contributed by atoms with van der Waals surface area (Å²) in [4.78, 5) is 0. The van der Waals surface area contributed by atoms with Gasteiger partial charge in [0.05, 0.1) is 19.8 Å². The summed E-state index contributed by atoms with van der Waals surface area (Å²) in [7, 11) is 5.12. The lowest BCUT2D eigenvalue weighted by Crippen LogP contribution is -2.27. The minimum atomic E-state index is -0.118. The molecule has 4 heteroatoms. The van der Waals surface area contributed by atoms with Gasteiger partial charge in [-0.05, 0) is 39.3 Å². The molecule has 0 aliphatic carbocycles. The normalized spacial score (nSPS) is 13.0. The average Bonchev–Trinajstić information content (AvgIpc) is 2.50. The largest absolute Gasteiger partial charge is 0.497 e. The SMILES string of the molecule is CCNC(CCC(C)(C)OC)c1ccc(OC)cc1OC. The quantitative estimate of drug-likeness (QED) is 0.756. The van der Waals surface area contributed by atoms with Crippen LogP contribution in [0.2, 0.25) is 0 Å². The third-order valence-corrected chi connectivity index (χ3v) is 3.85. The fourth-order valence-electron chi connectivity index (χ4n) is 2.31. The summed E-state index contributed by atoms with van der Waals surface area (Å²) >= 11 is 0. The van der Waals surface area contributed by atoms with Crippen LogP contribution in [0.4, 0.5) is 0 Å². The van der Waals surface area contributed by atoms with Crippen molar-refractivity contribution in [1.82, 2.24) is 5.32 Å². The predicted octanol–water partition coefficient (Wildman–Crippen LogP) is 3.56. The van der Waals surface area contributed by atoms with Gasteiger partial charge in [-0.2, -0.15) is 0 Å². The van der Waals surface area contributed by atoms with Gasteiger partial charge in [-0.3, -0.25) is 0 Å². The summed E-state index contributed by atoms with van der Waals surface area (Å²) < 4.78 is 16.3. The highest BCUT2D eigenvalue weighted by molar-refractivity contribution is 5.42. The van der Waals surface area contributed by atoms with Crippen molar-refractivity contribution in [2.45, 2.75) is 45.3 Å². The van der Waals surface area contributed by atoms with E-state index in [2.05, 4.69) is 32.2 Å². The monoisotopic (exact) mass is 295 g/mol. The zero-order chi connectivity index (χ0) is 15.9. The first-order valence-electron chi connectivity index (χ1n) is 7.47. The second-order valence-corrected chi connectivity index (χ2v) is 5.72. The Hall–Kier alpha value is -1.26. The van der Waals surface area contributed by atoms with Gasteiger partial charge in [-0.25, -0.2) is 0 Å². The molecule has 1 N–H and O–H groups in total. The van der Waals surface area contributed by atoms with Gasteiger partial charge in [0.2, 0.25) is 0 Å². The lowest BCUT2D eigenvalue weighted by Gasteiger charge is -2.27. The van der Waals surface area contributed by atoms with Gasteiger partial charge in [-0.15, -0.1) is 0 Å². The van der Waals surface area contributed by atoms with Crippen molar-refractivity contribution >= 4 is 0 Å². The van der Waals surface area contributed by atoms with Crippen molar-refractivity contribution in [2.24, 2.45) is 0 Å². The standard InChI is InChI=1S/C17H29NO3/c1-7-18-15(10-11-17(2,3)21-6)14-9-8-13(19-4)12-16(14)20-5/h8-9,12,15,18H,7,10-11H2,1-6H3. The molecule has 0 amide bonds. The average molecular weight is 295 g/mol. The number of nitrogens with one attached hydrogen (secondary N) is 1. The van der Waals surface area contributed by atoms with E-state index in [0.29, 0.717) is 0 Å². The Morgan fingerprint density at radius 2 is 1.86 bits per heavy atom. The Balaban J connectivity index is 2.94. The van der Waals surface area contributed by atoms with Crippen LogP contribution in [-0.2, 0) is 4.74 Å². The first-order valence-corrected chi connectivity index (χ1v) is 7.47. The highest BCUT2D eigenvalue weighted by Gasteiger charge is 2.22. The molecular weight excluding hydrogens is 266 g/mol. The molecule has 0 spiro atoms. The smallest absolute Gasteiger partial charge is 0.127 e. The number of hydrogen-bond donors (Lipinski definition) is 1. The minimum Gasteiger partial charge on any atom is -0.497 e. The van der Waals surface area contributed by atoms with Crippen molar-refractivity contribution < 1.29 is 14.2 Å². The van der Waals surface area contributed by atoms with Crippen molar-refractivity contribution in [2.75, 3.05) is 27.9 Å². The molecule has 120 valence electrons. The molecule has 1 aromatic carbocycles. The molecule has 4 nitrogen and oxygen atoms in total. The molecule has 1 rings (SSSR count). The number of rotatable bonds is 9. The van der Waals surface area contributed by atoms with E-state index >= 15 is 0 Å².